The molecule has 2 aliphatic carbocycles. The zero-order valence-electron chi connectivity index (χ0n) is 11.0. The van der Waals surface area contributed by atoms with Gasteiger partial charge in [-0.2, -0.15) is 0 Å². The lowest BCUT2D eigenvalue weighted by atomic mass is 9.63. The molecular weight excluding hydrogens is 196 g/mol. The summed E-state index contributed by atoms with van der Waals surface area (Å²) in [5, 5.41) is 0. The van der Waals surface area contributed by atoms with Crippen LogP contribution in [0.25, 0.3) is 0 Å². The summed E-state index contributed by atoms with van der Waals surface area (Å²) in [5.41, 5.74) is 1.87. The number of allylic oxidation sites excluding steroid dienone is 2. The minimum atomic E-state index is 0.355. The van der Waals surface area contributed by atoms with Crippen molar-refractivity contribution >= 4 is 5.78 Å². The van der Waals surface area contributed by atoms with Crippen LogP contribution in [-0.2, 0) is 4.79 Å². The summed E-state index contributed by atoms with van der Waals surface area (Å²) in [6, 6.07) is 0. The predicted octanol–water partition coefficient (Wildman–Crippen LogP) is 3.98. The fourth-order valence-electron chi connectivity index (χ4n) is 3.39. The lowest BCUT2D eigenvalue weighted by Gasteiger charge is -2.42. The molecule has 1 saturated carbocycles. The smallest absolute Gasteiger partial charge is 0.155 e. The van der Waals surface area contributed by atoms with Crippen molar-refractivity contribution < 1.29 is 4.79 Å². The van der Waals surface area contributed by atoms with Gasteiger partial charge in [-0.1, -0.05) is 33.3 Å². The van der Waals surface area contributed by atoms with Crippen molar-refractivity contribution in [2.24, 2.45) is 23.2 Å². The highest BCUT2D eigenvalue weighted by molar-refractivity contribution is 5.91. The van der Waals surface area contributed by atoms with Gasteiger partial charge in [0.15, 0.2) is 5.78 Å². The van der Waals surface area contributed by atoms with Crippen LogP contribution in [-0.4, -0.2) is 5.78 Å². The van der Waals surface area contributed by atoms with E-state index < -0.39 is 0 Å². The van der Waals surface area contributed by atoms with Crippen molar-refractivity contribution in [1.82, 2.24) is 0 Å². The van der Waals surface area contributed by atoms with E-state index in [2.05, 4.69) is 27.7 Å². The van der Waals surface area contributed by atoms with Crippen LogP contribution < -0.4 is 0 Å². The molecule has 0 N–H and O–H groups in total. The average molecular weight is 220 g/mol. The molecule has 2 aliphatic rings. The summed E-state index contributed by atoms with van der Waals surface area (Å²) in [4.78, 5) is 11.5. The molecule has 0 bridgehead atoms. The number of carbonyl (C=O) groups excluding carboxylic acids is 1. The molecule has 90 valence electrons. The lowest BCUT2D eigenvalue weighted by molar-refractivity contribution is -0.116. The number of hydrogen-bond acceptors (Lipinski definition) is 1. The summed E-state index contributed by atoms with van der Waals surface area (Å²) in [6.07, 6.45) is 6.44. The maximum Gasteiger partial charge on any atom is 0.155 e. The first-order valence-electron chi connectivity index (χ1n) is 6.61. The Kier molecular flexibility index (Phi) is 2.98. The standard InChI is InChI=1S/C15H24O/c1-10-7-13(16)8-11-5-6-12(9-14(10)11)15(2,3)4/h8,10,12,14H,5-7,9H2,1-4H3/t10-,12-,14-/m1/s1. The largest absolute Gasteiger partial charge is 0.295 e. The molecule has 1 heteroatoms. The third-order valence-corrected chi connectivity index (χ3v) is 4.58. The van der Waals surface area contributed by atoms with E-state index in [0.717, 1.165) is 18.8 Å². The van der Waals surface area contributed by atoms with Gasteiger partial charge in [0, 0.05) is 6.42 Å². The van der Waals surface area contributed by atoms with Crippen molar-refractivity contribution in [3.05, 3.63) is 11.6 Å². The molecule has 0 spiro atoms. The van der Waals surface area contributed by atoms with Crippen LogP contribution in [0.3, 0.4) is 0 Å². The van der Waals surface area contributed by atoms with E-state index in [-0.39, 0.29) is 0 Å². The van der Waals surface area contributed by atoms with Crippen molar-refractivity contribution in [2.45, 2.75) is 53.4 Å². The molecule has 0 aromatic heterocycles. The molecule has 0 aromatic carbocycles. The van der Waals surface area contributed by atoms with Gasteiger partial charge in [0.25, 0.3) is 0 Å². The van der Waals surface area contributed by atoms with E-state index in [9.17, 15) is 4.79 Å². The maximum absolute atomic E-state index is 11.5. The van der Waals surface area contributed by atoms with E-state index in [1.165, 1.54) is 18.4 Å². The second kappa shape index (κ2) is 4.01. The van der Waals surface area contributed by atoms with Crippen molar-refractivity contribution in [3.63, 3.8) is 0 Å². The molecule has 0 aliphatic heterocycles. The van der Waals surface area contributed by atoms with Crippen molar-refractivity contribution in [1.29, 1.82) is 0 Å². The molecule has 16 heavy (non-hydrogen) atoms. The summed E-state index contributed by atoms with van der Waals surface area (Å²) >= 11 is 0. The van der Waals surface area contributed by atoms with Crippen LogP contribution in [0.2, 0.25) is 0 Å². The molecule has 0 saturated heterocycles. The Morgan fingerprint density at radius 3 is 2.62 bits per heavy atom. The summed E-state index contributed by atoms with van der Waals surface area (Å²) in [5.74, 6) is 2.44. The second-order valence-electron chi connectivity index (χ2n) is 6.81. The normalized spacial score (nSPS) is 35.6. The van der Waals surface area contributed by atoms with E-state index in [0.29, 0.717) is 23.0 Å². The minimum Gasteiger partial charge on any atom is -0.295 e. The third kappa shape index (κ3) is 2.23. The second-order valence-corrected chi connectivity index (χ2v) is 6.81. The number of ketones is 1. The highest BCUT2D eigenvalue weighted by atomic mass is 16.1. The average Bonchev–Trinajstić information content (AvgIpc) is 2.15. The monoisotopic (exact) mass is 220 g/mol. The summed E-state index contributed by atoms with van der Waals surface area (Å²) in [7, 11) is 0. The van der Waals surface area contributed by atoms with Crippen LogP contribution >= 0.6 is 0 Å². The van der Waals surface area contributed by atoms with E-state index in [1.54, 1.807) is 0 Å². The molecule has 1 nitrogen and oxygen atoms in total. The van der Waals surface area contributed by atoms with Crippen molar-refractivity contribution in [3.8, 4) is 0 Å². The Morgan fingerprint density at radius 1 is 1.31 bits per heavy atom. The van der Waals surface area contributed by atoms with Crippen LogP contribution in [0.5, 0.6) is 0 Å². The van der Waals surface area contributed by atoms with Gasteiger partial charge < -0.3 is 0 Å². The van der Waals surface area contributed by atoms with Gasteiger partial charge in [-0.05, 0) is 48.5 Å². The highest BCUT2D eigenvalue weighted by Crippen LogP contribution is 2.47. The van der Waals surface area contributed by atoms with Gasteiger partial charge in [-0.25, -0.2) is 0 Å². The van der Waals surface area contributed by atoms with Gasteiger partial charge in [-0.3, -0.25) is 4.79 Å². The van der Waals surface area contributed by atoms with Gasteiger partial charge in [0.1, 0.15) is 0 Å². The Bertz CT molecular complexity index is 319. The highest BCUT2D eigenvalue weighted by Gasteiger charge is 2.37. The van der Waals surface area contributed by atoms with Gasteiger partial charge in [0.05, 0.1) is 0 Å². The zero-order chi connectivity index (χ0) is 11.9. The lowest BCUT2D eigenvalue weighted by Crippen LogP contribution is -2.33. The van der Waals surface area contributed by atoms with E-state index >= 15 is 0 Å². The fourth-order valence-corrected chi connectivity index (χ4v) is 3.39. The number of rotatable bonds is 0. The molecule has 0 amide bonds. The van der Waals surface area contributed by atoms with Gasteiger partial charge in [0.2, 0.25) is 0 Å². The molecule has 1 fully saturated rings. The molecule has 0 unspecified atom stereocenters. The van der Waals surface area contributed by atoms with Gasteiger partial charge >= 0.3 is 0 Å². The first-order chi connectivity index (χ1) is 7.38. The molecule has 3 atom stereocenters. The number of hydrogen-bond donors (Lipinski definition) is 0. The molecule has 2 rings (SSSR count). The minimum absolute atomic E-state index is 0.355. The molecule has 0 radical (unpaired) electrons. The first-order valence-corrected chi connectivity index (χ1v) is 6.61. The number of carbonyl (C=O) groups is 1. The maximum atomic E-state index is 11.5. The zero-order valence-corrected chi connectivity index (χ0v) is 11.0. The first kappa shape index (κ1) is 11.9. The van der Waals surface area contributed by atoms with E-state index in [4.69, 9.17) is 0 Å². The van der Waals surface area contributed by atoms with Crippen LogP contribution in [0.1, 0.15) is 53.4 Å². The number of fused-ring (bicyclic) bond motifs is 1. The van der Waals surface area contributed by atoms with E-state index in [1.807, 2.05) is 6.08 Å². The summed E-state index contributed by atoms with van der Waals surface area (Å²) < 4.78 is 0. The van der Waals surface area contributed by atoms with Crippen LogP contribution in [0.4, 0.5) is 0 Å². The Morgan fingerprint density at radius 2 is 2.00 bits per heavy atom. The Hall–Kier alpha value is -0.590. The Balaban J connectivity index is 2.16. The topological polar surface area (TPSA) is 17.1 Å². The molecular formula is C15H24O. The fraction of sp³-hybridized carbons (Fsp3) is 0.800. The van der Waals surface area contributed by atoms with Gasteiger partial charge in [-0.15, -0.1) is 0 Å². The summed E-state index contributed by atoms with van der Waals surface area (Å²) in [6.45, 7) is 9.31. The SMILES string of the molecule is C[C@@H]1CC(=O)C=C2CC[C@@H](C(C)(C)C)C[C@@H]21. The molecule has 0 aromatic rings. The van der Waals surface area contributed by atoms with Crippen LogP contribution in [0, 0.1) is 23.2 Å². The predicted molar refractivity (Wildman–Crippen MR) is 67.2 cm³/mol. The van der Waals surface area contributed by atoms with Crippen LogP contribution in [0.15, 0.2) is 11.6 Å². The third-order valence-electron chi connectivity index (χ3n) is 4.58. The molecule has 0 heterocycles. The van der Waals surface area contributed by atoms with Crippen molar-refractivity contribution in [2.75, 3.05) is 0 Å². The Labute approximate surface area is 99.3 Å². The quantitative estimate of drug-likeness (QED) is 0.603.